The first-order valence-corrected chi connectivity index (χ1v) is 10.4. The Hall–Kier alpha value is -2.98. The highest BCUT2D eigenvalue weighted by atomic mass is 19.1. The van der Waals surface area contributed by atoms with Crippen LogP contribution in [-0.4, -0.2) is 70.1 Å². The molecule has 1 aliphatic heterocycles. The van der Waals surface area contributed by atoms with Crippen LogP contribution in [0.2, 0.25) is 0 Å². The number of nitrogens with one attached hydrogen (secondary N) is 3. The number of pyridine rings is 1. The normalized spacial score (nSPS) is 19.2. The van der Waals surface area contributed by atoms with Crippen molar-refractivity contribution in [3.63, 3.8) is 0 Å². The Bertz CT molecular complexity index is 1060. The van der Waals surface area contributed by atoms with Gasteiger partial charge in [0.05, 0.1) is 31.1 Å². The maximum absolute atomic E-state index is 14.9. The molecule has 0 aromatic carbocycles. The SMILES string of the molecule is COCCNNc1c(-c2cnn([C@H]3CCN(C(C)=O)C[C@@H]3F)c2C)cnc2[nH]ccc12. The van der Waals surface area contributed by atoms with Crippen molar-refractivity contribution in [2.45, 2.75) is 32.5 Å². The minimum absolute atomic E-state index is 0.0958. The van der Waals surface area contributed by atoms with Gasteiger partial charge in [-0.25, -0.2) is 14.8 Å². The van der Waals surface area contributed by atoms with Crippen LogP contribution < -0.4 is 10.9 Å². The van der Waals surface area contributed by atoms with E-state index in [0.717, 1.165) is 33.5 Å². The van der Waals surface area contributed by atoms with E-state index in [2.05, 4.69) is 25.9 Å². The lowest BCUT2D eigenvalue weighted by molar-refractivity contribution is -0.131. The molecule has 0 aliphatic carbocycles. The Morgan fingerprint density at radius 2 is 2.23 bits per heavy atom. The van der Waals surface area contributed by atoms with Gasteiger partial charge in [0.15, 0.2) is 0 Å². The molecule has 1 aliphatic rings. The molecule has 3 N–H and O–H groups in total. The number of hydrogen-bond donors (Lipinski definition) is 3. The number of alkyl halides is 1. The lowest BCUT2D eigenvalue weighted by Crippen LogP contribution is -2.45. The average Bonchev–Trinajstić information content (AvgIpc) is 3.38. The van der Waals surface area contributed by atoms with Crippen molar-refractivity contribution >= 4 is 22.6 Å². The van der Waals surface area contributed by atoms with Crippen LogP contribution in [-0.2, 0) is 9.53 Å². The second kappa shape index (κ2) is 9.03. The molecule has 1 fully saturated rings. The molecule has 0 bridgehead atoms. The van der Waals surface area contributed by atoms with Crippen LogP contribution in [0, 0.1) is 6.92 Å². The summed E-state index contributed by atoms with van der Waals surface area (Å²) in [6.45, 7) is 5.24. The molecular formula is C21H28FN7O2. The molecule has 2 atom stereocenters. The van der Waals surface area contributed by atoms with Crippen LogP contribution in [0.1, 0.15) is 25.1 Å². The minimum Gasteiger partial charge on any atom is -0.383 e. The number of methoxy groups -OCH3 is 1. The fraction of sp³-hybridized carbons (Fsp3) is 0.476. The first-order valence-electron chi connectivity index (χ1n) is 10.4. The molecule has 3 aromatic rings. The molecule has 0 saturated carbocycles. The van der Waals surface area contributed by atoms with Crippen molar-refractivity contribution in [1.82, 2.24) is 30.1 Å². The molecule has 1 amide bonds. The van der Waals surface area contributed by atoms with E-state index < -0.39 is 12.2 Å². The summed E-state index contributed by atoms with van der Waals surface area (Å²) in [6, 6.07) is 1.56. The first kappa shape index (κ1) is 21.3. The quantitative estimate of drug-likeness (QED) is 0.394. The number of aromatic amines is 1. The zero-order chi connectivity index (χ0) is 22.0. The third-order valence-corrected chi connectivity index (χ3v) is 5.83. The van der Waals surface area contributed by atoms with Gasteiger partial charge in [-0.1, -0.05) is 0 Å². The Balaban J connectivity index is 1.65. The van der Waals surface area contributed by atoms with Crippen molar-refractivity contribution < 1.29 is 13.9 Å². The van der Waals surface area contributed by atoms with Gasteiger partial charge in [-0.15, -0.1) is 0 Å². The molecule has 1 saturated heterocycles. The van der Waals surface area contributed by atoms with Crippen LogP contribution >= 0.6 is 0 Å². The van der Waals surface area contributed by atoms with Gasteiger partial charge < -0.3 is 20.0 Å². The highest BCUT2D eigenvalue weighted by molar-refractivity contribution is 5.98. The van der Waals surface area contributed by atoms with E-state index in [1.807, 2.05) is 19.2 Å². The van der Waals surface area contributed by atoms with E-state index in [1.54, 1.807) is 29.1 Å². The lowest BCUT2D eigenvalue weighted by atomic mass is 10.0. The van der Waals surface area contributed by atoms with Gasteiger partial charge in [-0.2, -0.15) is 5.10 Å². The average molecular weight is 430 g/mol. The molecular weight excluding hydrogens is 401 g/mol. The maximum atomic E-state index is 14.9. The Kier molecular flexibility index (Phi) is 6.19. The first-order chi connectivity index (χ1) is 15.0. The molecule has 0 spiro atoms. The number of likely N-dealkylation sites (tertiary alicyclic amines) is 1. The van der Waals surface area contributed by atoms with E-state index in [9.17, 15) is 9.18 Å². The smallest absolute Gasteiger partial charge is 0.219 e. The highest BCUT2D eigenvalue weighted by Crippen LogP contribution is 2.36. The van der Waals surface area contributed by atoms with Gasteiger partial charge in [-0.05, 0) is 19.4 Å². The monoisotopic (exact) mass is 429 g/mol. The number of ether oxygens (including phenoxy) is 1. The maximum Gasteiger partial charge on any atom is 0.219 e. The number of fused-ring (bicyclic) bond motifs is 1. The molecule has 3 aromatic heterocycles. The molecule has 166 valence electrons. The summed E-state index contributed by atoms with van der Waals surface area (Å²) in [5, 5.41) is 5.46. The summed E-state index contributed by atoms with van der Waals surface area (Å²) in [4.78, 5) is 20.8. The molecule has 0 unspecified atom stereocenters. The number of carbonyl (C=O) groups excluding carboxylic acids is 1. The third-order valence-electron chi connectivity index (χ3n) is 5.83. The summed E-state index contributed by atoms with van der Waals surface area (Å²) >= 11 is 0. The van der Waals surface area contributed by atoms with Crippen molar-refractivity contribution in [1.29, 1.82) is 0 Å². The second-order valence-electron chi connectivity index (χ2n) is 7.76. The molecule has 31 heavy (non-hydrogen) atoms. The Morgan fingerprint density at radius 3 is 2.97 bits per heavy atom. The van der Waals surface area contributed by atoms with Crippen molar-refractivity contribution in [2.75, 3.05) is 38.8 Å². The molecule has 4 rings (SSSR count). The van der Waals surface area contributed by atoms with Crippen molar-refractivity contribution in [3.05, 3.63) is 30.4 Å². The van der Waals surface area contributed by atoms with E-state index >= 15 is 0 Å². The van der Waals surface area contributed by atoms with E-state index in [4.69, 9.17) is 4.74 Å². The zero-order valence-electron chi connectivity index (χ0n) is 18.0. The second-order valence-corrected chi connectivity index (χ2v) is 7.76. The fourth-order valence-electron chi connectivity index (χ4n) is 4.13. The summed E-state index contributed by atoms with van der Waals surface area (Å²) in [5.74, 6) is -0.0958. The van der Waals surface area contributed by atoms with Gasteiger partial charge >= 0.3 is 0 Å². The number of piperidine rings is 1. The highest BCUT2D eigenvalue weighted by Gasteiger charge is 2.33. The summed E-state index contributed by atoms with van der Waals surface area (Å²) in [5.41, 5.74) is 10.7. The number of carbonyl (C=O) groups is 1. The number of aromatic nitrogens is 4. The van der Waals surface area contributed by atoms with Crippen LogP contribution in [0.25, 0.3) is 22.2 Å². The number of nitrogens with zero attached hydrogens (tertiary/aromatic N) is 4. The predicted molar refractivity (Wildman–Crippen MR) is 116 cm³/mol. The molecule has 9 nitrogen and oxygen atoms in total. The number of amides is 1. The van der Waals surface area contributed by atoms with Crippen LogP contribution in [0.5, 0.6) is 0 Å². The fourth-order valence-corrected chi connectivity index (χ4v) is 4.13. The topological polar surface area (TPSA) is 100 Å². The number of hydrogen-bond acceptors (Lipinski definition) is 6. The molecule has 10 heteroatoms. The standard InChI is InChI=1S/C21H28FN7O2/c1-13-16(11-26-29(13)19-5-8-28(14(2)30)12-18(19)22)17-10-24-21-15(4-6-23-21)20(17)27-25-7-9-31-3/h4,6,10-11,18-19,25H,5,7-9,12H2,1-3H3,(H2,23,24,27)/t18-,19-/m0/s1. The zero-order valence-corrected chi connectivity index (χ0v) is 18.0. The van der Waals surface area contributed by atoms with Crippen LogP contribution in [0.3, 0.4) is 0 Å². The minimum atomic E-state index is -1.16. The number of halogens is 1. The van der Waals surface area contributed by atoms with Gasteiger partial charge in [-0.3, -0.25) is 9.48 Å². The van der Waals surface area contributed by atoms with E-state index in [0.29, 0.717) is 26.1 Å². The third kappa shape index (κ3) is 4.13. The van der Waals surface area contributed by atoms with E-state index in [-0.39, 0.29) is 12.5 Å². The summed E-state index contributed by atoms with van der Waals surface area (Å²) in [7, 11) is 1.65. The van der Waals surface area contributed by atoms with Gasteiger partial charge in [0, 0.05) is 61.7 Å². The lowest BCUT2D eigenvalue weighted by Gasteiger charge is -2.34. The molecule has 0 radical (unpaired) electrons. The Labute approximate surface area is 179 Å². The predicted octanol–water partition coefficient (Wildman–Crippen LogP) is 2.43. The molecule has 4 heterocycles. The van der Waals surface area contributed by atoms with Gasteiger partial charge in [0.1, 0.15) is 11.8 Å². The number of hydrazine groups is 1. The number of anilines is 1. The van der Waals surface area contributed by atoms with Crippen LogP contribution in [0.4, 0.5) is 10.1 Å². The van der Waals surface area contributed by atoms with E-state index in [1.165, 1.54) is 6.92 Å². The summed E-state index contributed by atoms with van der Waals surface area (Å²) in [6.07, 6.45) is 4.76. The van der Waals surface area contributed by atoms with Crippen LogP contribution in [0.15, 0.2) is 24.7 Å². The largest absolute Gasteiger partial charge is 0.383 e. The number of H-pyrrole nitrogens is 1. The van der Waals surface area contributed by atoms with Crippen molar-refractivity contribution in [3.8, 4) is 11.1 Å². The van der Waals surface area contributed by atoms with Crippen molar-refractivity contribution in [2.24, 2.45) is 0 Å². The summed E-state index contributed by atoms with van der Waals surface area (Å²) < 4.78 is 21.8. The Morgan fingerprint density at radius 1 is 1.39 bits per heavy atom. The van der Waals surface area contributed by atoms with Gasteiger partial charge in [0.25, 0.3) is 0 Å². The van der Waals surface area contributed by atoms with Gasteiger partial charge in [0.2, 0.25) is 5.91 Å². The number of rotatable bonds is 7.